The minimum atomic E-state index is -4.54. The number of aromatic nitrogens is 3. The van der Waals surface area contributed by atoms with E-state index in [4.69, 9.17) is 4.74 Å². The normalized spacial score (nSPS) is 14.6. The van der Waals surface area contributed by atoms with Crippen molar-refractivity contribution in [1.29, 1.82) is 0 Å². The number of rotatable bonds is 5. The van der Waals surface area contributed by atoms with Gasteiger partial charge in [-0.3, -0.25) is 14.6 Å². The number of morpholine rings is 1. The van der Waals surface area contributed by atoms with E-state index in [9.17, 15) is 18.0 Å². The zero-order valence-electron chi connectivity index (χ0n) is 20.0. The van der Waals surface area contributed by atoms with Crippen molar-refractivity contribution in [2.24, 2.45) is 7.05 Å². The van der Waals surface area contributed by atoms with E-state index in [2.05, 4.69) is 20.7 Å². The maximum absolute atomic E-state index is 13.8. The highest BCUT2D eigenvalue weighted by molar-refractivity contribution is 6.00. The number of alkyl halides is 3. The number of benzene rings is 2. The molecule has 0 saturated carbocycles. The van der Waals surface area contributed by atoms with Crippen LogP contribution in [0.25, 0.3) is 22.0 Å². The number of fused-ring (bicyclic) bond motifs is 1. The maximum Gasteiger partial charge on any atom is 0.416 e. The molecule has 192 valence electrons. The van der Waals surface area contributed by atoms with Gasteiger partial charge < -0.3 is 15.4 Å². The van der Waals surface area contributed by atoms with Crippen molar-refractivity contribution in [3.8, 4) is 11.1 Å². The van der Waals surface area contributed by atoms with Crippen molar-refractivity contribution in [3.63, 3.8) is 0 Å². The smallest absolute Gasteiger partial charge is 0.379 e. The summed E-state index contributed by atoms with van der Waals surface area (Å²) in [4.78, 5) is 18.7. The second kappa shape index (κ2) is 10.2. The molecule has 4 aromatic rings. The van der Waals surface area contributed by atoms with Crippen molar-refractivity contribution in [3.05, 3.63) is 72.2 Å². The monoisotopic (exact) mass is 510 g/mol. The number of pyridine rings is 1. The summed E-state index contributed by atoms with van der Waals surface area (Å²) in [5, 5.41) is 10.4. The molecular formula is C26H25F3N6O2. The molecular weight excluding hydrogens is 485 g/mol. The summed E-state index contributed by atoms with van der Waals surface area (Å²) in [7, 11) is 1.84. The molecule has 2 N–H and O–H groups in total. The van der Waals surface area contributed by atoms with Gasteiger partial charge in [0, 0.05) is 55.2 Å². The Morgan fingerprint density at radius 3 is 2.43 bits per heavy atom. The first kappa shape index (κ1) is 24.7. The summed E-state index contributed by atoms with van der Waals surface area (Å²) in [5.41, 5.74) is 2.64. The van der Waals surface area contributed by atoms with E-state index in [1.54, 1.807) is 35.4 Å². The van der Waals surface area contributed by atoms with Gasteiger partial charge in [-0.05, 0) is 35.4 Å². The van der Waals surface area contributed by atoms with E-state index in [1.807, 2.05) is 24.1 Å². The third-order valence-corrected chi connectivity index (χ3v) is 6.30. The lowest BCUT2D eigenvalue weighted by atomic mass is 10.0. The van der Waals surface area contributed by atoms with Crippen LogP contribution in [0.1, 0.15) is 11.1 Å². The fourth-order valence-corrected chi connectivity index (χ4v) is 4.37. The van der Waals surface area contributed by atoms with Crippen molar-refractivity contribution in [2.75, 3.05) is 36.9 Å². The third kappa shape index (κ3) is 5.57. The number of carbonyl (C=O) groups excluding carboxylic acids is 1. The molecule has 5 rings (SSSR count). The van der Waals surface area contributed by atoms with Crippen LogP contribution in [-0.4, -0.2) is 52.0 Å². The van der Waals surface area contributed by atoms with Crippen molar-refractivity contribution in [2.45, 2.75) is 12.7 Å². The SMILES string of the molecule is Cn1ncc2c(-c3ccc(NC(=O)Nc4ccc(CN5CCOCC5)c(C(F)(F)F)c4)cc3)cncc21. The zero-order chi connectivity index (χ0) is 26.0. The summed E-state index contributed by atoms with van der Waals surface area (Å²) in [6.45, 7) is 2.31. The van der Waals surface area contributed by atoms with Gasteiger partial charge in [-0.1, -0.05) is 18.2 Å². The fraction of sp³-hybridized carbons (Fsp3) is 0.269. The second-order valence-electron chi connectivity index (χ2n) is 8.80. The number of urea groups is 1. The number of aryl methyl sites for hydroxylation is 1. The van der Waals surface area contributed by atoms with E-state index < -0.39 is 17.8 Å². The molecule has 1 aliphatic rings. The first-order valence-electron chi connectivity index (χ1n) is 11.7. The van der Waals surface area contributed by atoms with E-state index in [0.717, 1.165) is 28.1 Å². The molecule has 2 aromatic heterocycles. The lowest BCUT2D eigenvalue weighted by molar-refractivity contribution is -0.138. The molecule has 37 heavy (non-hydrogen) atoms. The van der Waals surface area contributed by atoms with E-state index in [-0.39, 0.29) is 17.8 Å². The second-order valence-corrected chi connectivity index (χ2v) is 8.80. The first-order valence-corrected chi connectivity index (χ1v) is 11.7. The number of hydrogen-bond donors (Lipinski definition) is 2. The van der Waals surface area contributed by atoms with E-state index in [0.29, 0.717) is 32.0 Å². The molecule has 0 radical (unpaired) electrons. The van der Waals surface area contributed by atoms with Crippen LogP contribution in [0.5, 0.6) is 0 Å². The number of amides is 2. The highest BCUT2D eigenvalue weighted by Gasteiger charge is 2.34. The van der Waals surface area contributed by atoms with Gasteiger partial charge >= 0.3 is 12.2 Å². The number of carbonyl (C=O) groups is 1. The molecule has 1 aliphatic heterocycles. The summed E-state index contributed by atoms with van der Waals surface area (Å²) in [6.07, 6.45) is 0.719. The molecule has 0 aliphatic carbocycles. The molecule has 2 amide bonds. The predicted octanol–water partition coefficient (Wildman–Crippen LogP) is 5.13. The zero-order valence-corrected chi connectivity index (χ0v) is 20.0. The molecule has 1 saturated heterocycles. The average molecular weight is 511 g/mol. The molecule has 1 fully saturated rings. The summed E-state index contributed by atoms with van der Waals surface area (Å²) < 4.78 is 48.3. The fourth-order valence-electron chi connectivity index (χ4n) is 4.37. The van der Waals surface area contributed by atoms with Gasteiger partial charge in [0.1, 0.15) is 0 Å². The summed E-state index contributed by atoms with van der Waals surface area (Å²) in [6, 6.07) is 10.3. The number of nitrogens with one attached hydrogen (secondary N) is 2. The number of ether oxygens (including phenoxy) is 1. The van der Waals surface area contributed by atoms with Crippen LogP contribution >= 0.6 is 0 Å². The topological polar surface area (TPSA) is 84.3 Å². The molecule has 2 aromatic carbocycles. The summed E-state index contributed by atoms with van der Waals surface area (Å²) in [5.74, 6) is 0. The average Bonchev–Trinajstić information content (AvgIpc) is 3.26. The van der Waals surface area contributed by atoms with Crippen molar-refractivity contribution in [1.82, 2.24) is 19.7 Å². The predicted molar refractivity (Wildman–Crippen MR) is 134 cm³/mol. The molecule has 3 heterocycles. The Bertz CT molecular complexity index is 1410. The van der Waals surface area contributed by atoms with Gasteiger partial charge in [0.05, 0.1) is 36.7 Å². The molecule has 8 nitrogen and oxygen atoms in total. The van der Waals surface area contributed by atoms with Gasteiger partial charge in [0.25, 0.3) is 0 Å². The van der Waals surface area contributed by atoms with Crippen LogP contribution in [0.2, 0.25) is 0 Å². The van der Waals surface area contributed by atoms with E-state index in [1.165, 1.54) is 12.1 Å². The molecule has 11 heteroatoms. The largest absolute Gasteiger partial charge is 0.416 e. The van der Waals surface area contributed by atoms with Crippen LogP contribution in [0.15, 0.2) is 61.1 Å². The Labute approximate surface area is 211 Å². The van der Waals surface area contributed by atoms with Crippen molar-refractivity contribution >= 4 is 28.3 Å². The molecule has 0 bridgehead atoms. The van der Waals surface area contributed by atoms with E-state index >= 15 is 0 Å². The highest BCUT2D eigenvalue weighted by atomic mass is 19.4. The quantitative estimate of drug-likeness (QED) is 0.389. The van der Waals surface area contributed by atoms with Gasteiger partial charge in [-0.25, -0.2) is 4.79 Å². The Morgan fingerprint density at radius 2 is 1.70 bits per heavy atom. The van der Waals surface area contributed by atoms with Crippen LogP contribution < -0.4 is 10.6 Å². The van der Waals surface area contributed by atoms with Gasteiger partial charge in [0.15, 0.2) is 0 Å². The Morgan fingerprint density at radius 1 is 1.00 bits per heavy atom. The van der Waals surface area contributed by atoms with Crippen LogP contribution in [0, 0.1) is 0 Å². The Hall–Kier alpha value is -3.96. The Balaban J connectivity index is 1.27. The minimum absolute atomic E-state index is 0.0569. The standard InChI is InChI=1S/C26H25F3N6O2/c1-34-24-15-30-13-21(22(24)14-31-34)17-2-5-19(6-3-17)32-25(36)33-20-7-4-18(23(12-20)26(27,28)29)16-35-8-10-37-11-9-35/h2-7,12-15H,8-11,16H2,1H3,(H2,32,33,36). The maximum atomic E-state index is 13.8. The van der Waals surface area contributed by atoms with Crippen LogP contribution in [-0.2, 0) is 24.5 Å². The number of nitrogens with zero attached hydrogens (tertiary/aromatic N) is 4. The van der Waals surface area contributed by atoms with Crippen LogP contribution in [0.4, 0.5) is 29.3 Å². The number of hydrogen-bond acceptors (Lipinski definition) is 5. The number of anilines is 2. The lowest BCUT2D eigenvalue weighted by Crippen LogP contribution is -2.36. The Kier molecular flexibility index (Phi) is 6.81. The van der Waals surface area contributed by atoms with Crippen molar-refractivity contribution < 1.29 is 22.7 Å². The van der Waals surface area contributed by atoms with Crippen LogP contribution in [0.3, 0.4) is 0 Å². The molecule has 0 spiro atoms. The van der Waals surface area contributed by atoms with Gasteiger partial charge in [-0.2, -0.15) is 18.3 Å². The van der Waals surface area contributed by atoms with Gasteiger partial charge in [0.2, 0.25) is 0 Å². The molecule has 0 atom stereocenters. The van der Waals surface area contributed by atoms with Gasteiger partial charge in [-0.15, -0.1) is 0 Å². The minimum Gasteiger partial charge on any atom is -0.379 e. The highest BCUT2D eigenvalue weighted by Crippen LogP contribution is 2.35. The first-order chi connectivity index (χ1) is 17.8. The molecule has 0 unspecified atom stereocenters. The summed E-state index contributed by atoms with van der Waals surface area (Å²) >= 11 is 0. The lowest BCUT2D eigenvalue weighted by Gasteiger charge is -2.27. The number of halogens is 3. The third-order valence-electron chi connectivity index (χ3n) is 6.30.